The van der Waals surface area contributed by atoms with E-state index in [-0.39, 0.29) is 17.2 Å². The molecule has 0 atom stereocenters. The molecule has 3 rings (SSSR count). The van der Waals surface area contributed by atoms with Gasteiger partial charge in [0.25, 0.3) is 11.6 Å². The number of hydrogen-bond donors (Lipinski definition) is 3. The van der Waals surface area contributed by atoms with Crippen molar-refractivity contribution in [2.75, 3.05) is 31.1 Å². The zero-order chi connectivity index (χ0) is 18.8. The SMILES string of the molecule is O=C(c1cc(O)c(O)c(O)c1)N1CCN(c2ccc([N+](=O)[O-])cc2)CC1. The highest BCUT2D eigenvalue weighted by Crippen LogP contribution is 2.35. The van der Waals surface area contributed by atoms with E-state index < -0.39 is 22.2 Å². The number of nitrogens with zero attached hydrogens (tertiary/aromatic N) is 3. The van der Waals surface area contributed by atoms with Gasteiger partial charge in [0, 0.05) is 49.6 Å². The minimum Gasteiger partial charge on any atom is -0.504 e. The molecule has 9 heteroatoms. The van der Waals surface area contributed by atoms with Crippen LogP contribution in [0.1, 0.15) is 10.4 Å². The van der Waals surface area contributed by atoms with E-state index >= 15 is 0 Å². The topological polar surface area (TPSA) is 127 Å². The van der Waals surface area contributed by atoms with Crippen LogP contribution in [0.25, 0.3) is 0 Å². The van der Waals surface area contributed by atoms with Gasteiger partial charge in [-0.3, -0.25) is 14.9 Å². The molecule has 0 bridgehead atoms. The third-order valence-electron chi connectivity index (χ3n) is 4.31. The summed E-state index contributed by atoms with van der Waals surface area (Å²) in [5.41, 5.74) is 0.943. The third-order valence-corrected chi connectivity index (χ3v) is 4.31. The predicted octanol–water partition coefficient (Wildman–Crippen LogP) is 1.67. The molecular weight excluding hydrogens is 342 g/mol. The summed E-state index contributed by atoms with van der Waals surface area (Å²) in [5.74, 6) is -2.14. The average molecular weight is 359 g/mol. The molecule has 1 aliphatic rings. The Morgan fingerprint density at radius 3 is 2.00 bits per heavy atom. The van der Waals surface area contributed by atoms with Crippen molar-refractivity contribution in [2.45, 2.75) is 0 Å². The number of nitro benzene ring substituents is 1. The maximum absolute atomic E-state index is 12.5. The Hall–Kier alpha value is -3.49. The lowest BCUT2D eigenvalue weighted by Gasteiger charge is -2.36. The standard InChI is InChI=1S/C17H17N3O6/c21-14-9-11(10-15(22)16(14)23)17(24)19-7-5-18(6-8-19)12-1-3-13(4-2-12)20(25)26/h1-4,9-10,21-23H,5-8H2. The molecule has 0 saturated carbocycles. The molecule has 1 amide bonds. The summed E-state index contributed by atoms with van der Waals surface area (Å²) in [7, 11) is 0. The van der Waals surface area contributed by atoms with E-state index in [4.69, 9.17) is 0 Å². The second kappa shape index (κ2) is 6.79. The molecule has 1 aliphatic heterocycles. The van der Waals surface area contributed by atoms with Crippen LogP contribution in [0.15, 0.2) is 36.4 Å². The zero-order valence-electron chi connectivity index (χ0n) is 13.7. The number of rotatable bonds is 3. The van der Waals surface area contributed by atoms with Crippen molar-refractivity contribution in [3.05, 3.63) is 52.1 Å². The number of aromatic hydroxyl groups is 3. The van der Waals surface area contributed by atoms with E-state index in [0.717, 1.165) is 17.8 Å². The number of non-ortho nitro benzene ring substituents is 1. The first-order valence-corrected chi connectivity index (χ1v) is 7.90. The van der Waals surface area contributed by atoms with Gasteiger partial charge < -0.3 is 25.1 Å². The molecule has 0 radical (unpaired) electrons. The lowest BCUT2D eigenvalue weighted by molar-refractivity contribution is -0.384. The summed E-state index contributed by atoms with van der Waals surface area (Å²) < 4.78 is 0. The van der Waals surface area contributed by atoms with Gasteiger partial charge in [-0.25, -0.2) is 0 Å². The third kappa shape index (κ3) is 3.32. The van der Waals surface area contributed by atoms with Crippen molar-refractivity contribution in [2.24, 2.45) is 0 Å². The minimum atomic E-state index is -0.662. The predicted molar refractivity (Wildman–Crippen MR) is 92.6 cm³/mol. The Labute approximate surface area is 148 Å². The van der Waals surface area contributed by atoms with E-state index in [0.29, 0.717) is 26.2 Å². The number of nitro groups is 1. The average Bonchev–Trinajstić information content (AvgIpc) is 2.65. The summed E-state index contributed by atoms with van der Waals surface area (Å²) in [6, 6.07) is 8.45. The van der Waals surface area contributed by atoms with Gasteiger partial charge in [0.05, 0.1) is 4.92 Å². The van der Waals surface area contributed by atoms with Crippen LogP contribution in [-0.4, -0.2) is 57.2 Å². The highest BCUT2D eigenvalue weighted by atomic mass is 16.6. The van der Waals surface area contributed by atoms with Gasteiger partial charge in [-0.05, 0) is 24.3 Å². The summed E-state index contributed by atoms with van der Waals surface area (Å²) in [6.07, 6.45) is 0. The summed E-state index contributed by atoms with van der Waals surface area (Å²) in [5, 5.41) is 39.2. The van der Waals surface area contributed by atoms with Crippen LogP contribution in [0.2, 0.25) is 0 Å². The fourth-order valence-corrected chi connectivity index (χ4v) is 2.86. The van der Waals surface area contributed by atoms with Crippen LogP contribution in [0.3, 0.4) is 0 Å². The van der Waals surface area contributed by atoms with Gasteiger partial charge in [-0.15, -0.1) is 0 Å². The van der Waals surface area contributed by atoms with Crippen LogP contribution < -0.4 is 4.90 Å². The van der Waals surface area contributed by atoms with Crippen molar-refractivity contribution in [3.63, 3.8) is 0 Å². The number of piperazine rings is 1. The van der Waals surface area contributed by atoms with Gasteiger partial charge in [-0.1, -0.05) is 0 Å². The maximum atomic E-state index is 12.5. The monoisotopic (exact) mass is 359 g/mol. The number of phenols is 3. The molecule has 0 aliphatic carbocycles. The summed E-state index contributed by atoms with van der Waals surface area (Å²) in [6.45, 7) is 1.91. The molecule has 136 valence electrons. The van der Waals surface area contributed by atoms with Crippen molar-refractivity contribution < 1.29 is 25.0 Å². The lowest BCUT2D eigenvalue weighted by atomic mass is 10.1. The highest BCUT2D eigenvalue weighted by molar-refractivity contribution is 5.95. The molecule has 1 saturated heterocycles. The number of phenolic OH excluding ortho intramolecular Hbond substituents is 3. The number of hydrogen-bond acceptors (Lipinski definition) is 7. The molecule has 2 aromatic carbocycles. The van der Waals surface area contributed by atoms with Crippen LogP contribution in [-0.2, 0) is 0 Å². The number of amides is 1. The Morgan fingerprint density at radius 2 is 1.50 bits per heavy atom. The minimum absolute atomic E-state index is 0.0227. The fraction of sp³-hybridized carbons (Fsp3) is 0.235. The molecule has 0 aromatic heterocycles. The molecule has 3 N–H and O–H groups in total. The van der Waals surface area contributed by atoms with E-state index in [2.05, 4.69) is 0 Å². The van der Waals surface area contributed by atoms with Crippen molar-refractivity contribution in [1.82, 2.24) is 4.90 Å². The zero-order valence-corrected chi connectivity index (χ0v) is 13.7. The van der Waals surface area contributed by atoms with Crippen LogP contribution in [0.4, 0.5) is 11.4 Å². The van der Waals surface area contributed by atoms with Crippen molar-refractivity contribution in [3.8, 4) is 17.2 Å². The molecule has 26 heavy (non-hydrogen) atoms. The van der Waals surface area contributed by atoms with E-state index in [1.807, 2.05) is 4.90 Å². The molecule has 0 unspecified atom stereocenters. The van der Waals surface area contributed by atoms with E-state index in [9.17, 15) is 30.2 Å². The van der Waals surface area contributed by atoms with E-state index in [1.54, 1.807) is 17.0 Å². The van der Waals surface area contributed by atoms with Gasteiger partial charge in [0.1, 0.15) is 0 Å². The number of carbonyl (C=O) groups excluding carboxylic acids is 1. The highest BCUT2D eigenvalue weighted by Gasteiger charge is 2.24. The van der Waals surface area contributed by atoms with Crippen molar-refractivity contribution >= 4 is 17.3 Å². The van der Waals surface area contributed by atoms with Gasteiger partial charge in [-0.2, -0.15) is 0 Å². The molecular formula is C17H17N3O6. The number of anilines is 1. The first-order chi connectivity index (χ1) is 12.4. The van der Waals surface area contributed by atoms with Crippen LogP contribution in [0, 0.1) is 10.1 Å². The summed E-state index contributed by atoms with van der Waals surface area (Å²) in [4.78, 5) is 26.3. The molecule has 2 aromatic rings. The first-order valence-electron chi connectivity index (χ1n) is 7.90. The second-order valence-corrected chi connectivity index (χ2v) is 5.92. The first kappa shape index (κ1) is 17.3. The summed E-state index contributed by atoms with van der Waals surface area (Å²) >= 11 is 0. The normalized spacial score (nSPS) is 14.3. The Balaban J connectivity index is 1.66. The van der Waals surface area contributed by atoms with Gasteiger partial charge >= 0.3 is 0 Å². The lowest BCUT2D eigenvalue weighted by Crippen LogP contribution is -2.48. The quantitative estimate of drug-likeness (QED) is 0.432. The number of carbonyl (C=O) groups is 1. The molecule has 0 spiro atoms. The second-order valence-electron chi connectivity index (χ2n) is 5.92. The smallest absolute Gasteiger partial charge is 0.269 e. The van der Waals surface area contributed by atoms with Crippen LogP contribution >= 0.6 is 0 Å². The Bertz CT molecular complexity index is 821. The molecule has 9 nitrogen and oxygen atoms in total. The Morgan fingerprint density at radius 1 is 0.962 bits per heavy atom. The van der Waals surface area contributed by atoms with Crippen LogP contribution in [0.5, 0.6) is 17.2 Å². The van der Waals surface area contributed by atoms with Gasteiger partial charge in [0.15, 0.2) is 17.2 Å². The molecule has 1 heterocycles. The molecule has 1 fully saturated rings. The largest absolute Gasteiger partial charge is 0.504 e. The van der Waals surface area contributed by atoms with Crippen molar-refractivity contribution in [1.29, 1.82) is 0 Å². The Kier molecular flexibility index (Phi) is 4.53. The van der Waals surface area contributed by atoms with E-state index in [1.165, 1.54) is 12.1 Å². The van der Waals surface area contributed by atoms with Gasteiger partial charge in [0.2, 0.25) is 0 Å². The maximum Gasteiger partial charge on any atom is 0.269 e. The fourth-order valence-electron chi connectivity index (χ4n) is 2.86. The number of benzene rings is 2.